The summed E-state index contributed by atoms with van der Waals surface area (Å²) in [7, 11) is 0. The lowest BCUT2D eigenvalue weighted by molar-refractivity contribution is 0.0921. The van der Waals surface area contributed by atoms with Gasteiger partial charge in [-0.2, -0.15) is 0 Å². The predicted molar refractivity (Wildman–Crippen MR) is 76.3 cm³/mol. The van der Waals surface area contributed by atoms with Gasteiger partial charge >= 0.3 is 0 Å². The number of H-pyrrole nitrogens is 1. The molecule has 2 aromatic rings. The van der Waals surface area contributed by atoms with Crippen molar-refractivity contribution in [2.45, 2.75) is 31.8 Å². The van der Waals surface area contributed by atoms with Crippen molar-refractivity contribution in [2.75, 3.05) is 6.54 Å². The zero-order valence-electron chi connectivity index (χ0n) is 11.1. The van der Waals surface area contributed by atoms with Crippen LogP contribution in [0.5, 0.6) is 0 Å². The maximum Gasteiger partial charge on any atom is 0.253 e. The van der Waals surface area contributed by atoms with Crippen molar-refractivity contribution in [1.29, 1.82) is 0 Å². The van der Waals surface area contributed by atoms with Crippen LogP contribution in [0.3, 0.4) is 0 Å². The van der Waals surface area contributed by atoms with Gasteiger partial charge in [-0.05, 0) is 38.4 Å². The molecule has 1 saturated heterocycles. The number of rotatable bonds is 2. The fourth-order valence-corrected chi connectivity index (χ4v) is 2.76. The lowest BCUT2D eigenvalue weighted by Gasteiger charge is -2.30. The minimum atomic E-state index is 0.00796. The van der Waals surface area contributed by atoms with E-state index in [0.29, 0.717) is 6.04 Å². The number of aromatic amines is 1. The Bertz CT molecular complexity index is 590. The number of aromatic nitrogens is 1. The van der Waals surface area contributed by atoms with Gasteiger partial charge in [0.1, 0.15) is 0 Å². The van der Waals surface area contributed by atoms with Gasteiger partial charge in [0.25, 0.3) is 5.91 Å². The summed E-state index contributed by atoms with van der Waals surface area (Å²) < 4.78 is 0. The summed E-state index contributed by atoms with van der Waals surface area (Å²) in [6.45, 7) is 3.17. The Labute approximate surface area is 112 Å². The van der Waals surface area contributed by atoms with Gasteiger partial charge in [0.2, 0.25) is 0 Å². The number of benzene rings is 1. The molecule has 4 nitrogen and oxygen atoms in total. The highest BCUT2D eigenvalue weighted by molar-refractivity contribution is 6.05. The van der Waals surface area contributed by atoms with Gasteiger partial charge in [-0.3, -0.25) is 4.79 Å². The van der Waals surface area contributed by atoms with Crippen molar-refractivity contribution in [3.63, 3.8) is 0 Å². The Morgan fingerprint density at radius 2 is 2.26 bits per heavy atom. The van der Waals surface area contributed by atoms with Crippen molar-refractivity contribution >= 4 is 16.8 Å². The van der Waals surface area contributed by atoms with Crippen LogP contribution in [0.25, 0.3) is 10.9 Å². The minimum Gasteiger partial charge on any atom is -0.361 e. The van der Waals surface area contributed by atoms with E-state index in [9.17, 15) is 4.79 Å². The topological polar surface area (TPSA) is 56.9 Å². The van der Waals surface area contributed by atoms with Crippen LogP contribution in [0.4, 0.5) is 0 Å². The largest absolute Gasteiger partial charge is 0.361 e. The first kappa shape index (κ1) is 12.2. The van der Waals surface area contributed by atoms with Gasteiger partial charge in [0.15, 0.2) is 0 Å². The van der Waals surface area contributed by atoms with Gasteiger partial charge in [-0.25, -0.2) is 0 Å². The minimum absolute atomic E-state index is 0.00796. The fourth-order valence-electron chi connectivity index (χ4n) is 2.76. The van der Waals surface area contributed by atoms with Crippen molar-refractivity contribution < 1.29 is 4.79 Å². The van der Waals surface area contributed by atoms with Crippen molar-refractivity contribution in [3.8, 4) is 0 Å². The maximum atomic E-state index is 12.4. The molecule has 3 rings (SSSR count). The molecule has 0 saturated carbocycles. The molecule has 1 amide bonds. The number of carbonyl (C=O) groups is 1. The zero-order chi connectivity index (χ0) is 13.2. The molecule has 2 heterocycles. The van der Waals surface area contributed by atoms with Crippen molar-refractivity contribution in [3.05, 3.63) is 36.0 Å². The second-order valence-corrected chi connectivity index (χ2v) is 5.21. The van der Waals surface area contributed by atoms with Crippen LogP contribution < -0.4 is 10.6 Å². The smallest absolute Gasteiger partial charge is 0.253 e. The molecule has 19 heavy (non-hydrogen) atoms. The predicted octanol–water partition coefficient (Wildman–Crippen LogP) is 2.04. The standard InChI is InChI=1S/C15H19N3O/c1-10-13(6-3-8-16-10)18-15(19)12-5-2-4-11-7-9-17-14(11)12/h2,4-5,7,9-10,13,16-17H,3,6,8H2,1H3,(H,18,19). The highest BCUT2D eigenvalue weighted by Gasteiger charge is 2.23. The fraction of sp³-hybridized carbons (Fsp3) is 0.400. The van der Waals surface area contributed by atoms with E-state index in [1.165, 1.54) is 0 Å². The average molecular weight is 257 g/mol. The number of nitrogens with one attached hydrogen (secondary N) is 3. The van der Waals surface area contributed by atoms with Crippen LogP contribution in [-0.4, -0.2) is 29.5 Å². The molecule has 0 bridgehead atoms. The van der Waals surface area contributed by atoms with Gasteiger partial charge in [-0.1, -0.05) is 12.1 Å². The van der Waals surface area contributed by atoms with E-state index in [4.69, 9.17) is 0 Å². The number of hydrogen-bond acceptors (Lipinski definition) is 2. The van der Waals surface area contributed by atoms with Crippen LogP contribution in [0, 0.1) is 0 Å². The average Bonchev–Trinajstić information content (AvgIpc) is 2.89. The normalized spacial score (nSPS) is 23.4. The molecule has 4 heteroatoms. The first-order valence-electron chi connectivity index (χ1n) is 6.86. The monoisotopic (exact) mass is 257 g/mol. The maximum absolute atomic E-state index is 12.4. The Hall–Kier alpha value is -1.81. The third-order valence-electron chi connectivity index (χ3n) is 3.91. The Kier molecular flexibility index (Phi) is 3.25. The quantitative estimate of drug-likeness (QED) is 0.771. The summed E-state index contributed by atoms with van der Waals surface area (Å²) in [4.78, 5) is 15.6. The summed E-state index contributed by atoms with van der Waals surface area (Å²) >= 11 is 0. The molecule has 100 valence electrons. The first-order valence-corrected chi connectivity index (χ1v) is 6.86. The summed E-state index contributed by atoms with van der Waals surface area (Å²) in [5.74, 6) is 0.00796. The molecule has 0 spiro atoms. The molecule has 0 radical (unpaired) electrons. The van der Waals surface area contributed by atoms with Crippen molar-refractivity contribution in [1.82, 2.24) is 15.6 Å². The molecule has 3 N–H and O–H groups in total. The lowest BCUT2D eigenvalue weighted by Crippen LogP contribution is -2.51. The van der Waals surface area contributed by atoms with Crippen LogP contribution in [0.2, 0.25) is 0 Å². The van der Waals surface area contributed by atoms with E-state index < -0.39 is 0 Å². The van der Waals surface area contributed by atoms with Gasteiger partial charge < -0.3 is 15.6 Å². The zero-order valence-corrected chi connectivity index (χ0v) is 11.1. The van der Waals surface area contributed by atoms with E-state index in [1.54, 1.807) is 0 Å². The van der Waals surface area contributed by atoms with Crippen LogP contribution in [0.15, 0.2) is 30.5 Å². The van der Waals surface area contributed by atoms with Crippen LogP contribution in [0.1, 0.15) is 30.1 Å². The van der Waals surface area contributed by atoms with Gasteiger partial charge in [-0.15, -0.1) is 0 Å². The van der Waals surface area contributed by atoms with Crippen molar-refractivity contribution in [2.24, 2.45) is 0 Å². The number of amides is 1. The second kappa shape index (κ2) is 5.05. The molecule has 1 aromatic carbocycles. The lowest BCUT2D eigenvalue weighted by atomic mass is 9.99. The molecular formula is C15H19N3O. The molecule has 1 aliphatic rings. The molecule has 1 fully saturated rings. The number of para-hydroxylation sites is 1. The number of hydrogen-bond donors (Lipinski definition) is 3. The summed E-state index contributed by atoms with van der Waals surface area (Å²) in [6.07, 6.45) is 4.02. The number of carbonyl (C=O) groups excluding carboxylic acids is 1. The van der Waals surface area contributed by atoms with E-state index in [2.05, 4.69) is 22.5 Å². The van der Waals surface area contributed by atoms with E-state index in [1.807, 2.05) is 30.5 Å². The highest BCUT2D eigenvalue weighted by Crippen LogP contribution is 2.17. The van der Waals surface area contributed by atoms with Gasteiger partial charge in [0, 0.05) is 23.7 Å². The molecular weight excluding hydrogens is 238 g/mol. The third kappa shape index (κ3) is 2.36. The van der Waals surface area contributed by atoms with Crippen LogP contribution >= 0.6 is 0 Å². The number of fused-ring (bicyclic) bond motifs is 1. The third-order valence-corrected chi connectivity index (χ3v) is 3.91. The van der Waals surface area contributed by atoms with Crippen LogP contribution in [-0.2, 0) is 0 Å². The molecule has 2 unspecified atom stereocenters. The molecule has 2 atom stereocenters. The molecule has 0 aliphatic carbocycles. The summed E-state index contributed by atoms with van der Waals surface area (Å²) in [5.41, 5.74) is 1.64. The van der Waals surface area contributed by atoms with E-state index in [0.717, 1.165) is 35.9 Å². The Balaban J connectivity index is 1.82. The van der Waals surface area contributed by atoms with E-state index >= 15 is 0 Å². The van der Waals surface area contributed by atoms with E-state index in [-0.39, 0.29) is 11.9 Å². The van der Waals surface area contributed by atoms with Gasteiger partial charge in [0.05, 0.1) is 11.1 Å². The Morgan fingerprint density at radius 3 is 3.11 bits per heavy atom. The number of piperidine rings is 1. The summed E-state index contributed by atoms with van der Waals surface area (Å²) in [5, 5.41) is 7.62. The highest BCUT2D eigenvalue weighted by atomic mass is 16.1. The Morgan fingerprint density at radius 1 is 1.37 bits per heavy atom. The molecule has 1 aromatic heterocycles. The second-order valence-electron chi connectivity index (χ2n) is 5.21. The first-order chi connectivity index (χ1) is 9.25. The SMILES string of the molecule is CC1NCCCC1NC(=O)c1cccc2cc[nH]c12. The molecule has 1 aliphatic heterocycles. The summed E-state index contributed by atoms with van der Waals surface area (Å²) in [6, 6.07) is 8.33.